The zero-order chi connectivity index (χ0) is 17.7. The maximum Gasteiger partial charge on any atom is 0.333 e. The van der Waals surface area contributed by atoms with Gasteiger partial charge in [-0.25, -0.2) is 13.6 Å². The fraction of sp³-hybridized carbons (Fsp3) is 0.118. The van der Waals surface area contributed by atoms with Crippen LogP contribution in [0.3, 0.4) is 0 Å². The van der Waals surface area contributed by atoms with E-state index in [4.69, 9.17) is 9.88 Å². The minimum atomic E-state index is -0.879. The minimum absolute atomic E-state index is 0.190. The molecule has 2 rings (SSSR count). The van der Waals surface area contributed by atoms with E-state index in [0.29, 0.717) is 0 Å². The van der Waals surface area contributed by atoms with Crippen molar-refractivity contribution in [3.05, 3.63) is 59.2 Å². The maximum absolute atomic E-state index is 14.1. The van der Waals surface area contributed by atoms with Gasteiger partial charge in [0.25, 0.3) is 0 Å². The first kappa shape index (κ1) is 18.0. The number of hydrogen-bond acceptors (Lipinski definition) is 5. The highest BCUT2D eigenvalue weighted by Gasteiger charge is 2.14. The lowest BCUT2D eigenvalue weighted by atomic mass is 10.1. The minimum Gasteiger partial charge on any atom is -0.466 e. The van der Waals surface area contributed by atoms with E-state index < -0.39 is 23.4 Å². The van der Waals surface area contributed by atoms with Crippen LogP contribution in [0.25, 0.3) is 6.08 Å². The fourth-order valence-corrected chi connectivity index (χ4v) is 2.23. The summed E-state index contributed by atoms with van der Waals surface area (Å²) < 4.78 is 38.1. The second kappa shape index (κ2) is 7.94. The van der Waals surface area contributed by atoms with Gasteiger partial charge in [-0.2, -0.15) is 0 Å². The molecule has 0 heterocycles. The molecule has 0 aliphatic carbocycles. The Balaban J connectivity index is 2.27. The summed E-state index contributed by atoms with van der Waals surface area (Å²) in [6.07, 6.45) is 1.33. The molecule has 0 bridgehead atoms. The van der Waals surface area contributed by atoms with Gasteiger partial charge in [-0.05, 0) is 66.9 Å². The molecule has 0 unspecified atom stereocenters. The van der Waals surface area contributed by atoms with Crippen LogP contribution in [-0.4, -0.2) is 13.1 Å². The molecule has 0 aliphatic heterocycles. The van der Waals surface area contributed by atoms with Crippen LogP contribution in [0.5, 0.6) is 11.5 Å². The number of methoxy groups -OCH3 is 1. The Kier molecular flexibility index (Phi) is 5.94. The van der Waals surface area contributed by atoms with Crippen LogP contribution < -0.4 is 9.88 Å². The van der Waals surface area contributed by atoms with Gasteiger partial charge in [0.1, 0.15) is 5.75 Å². The van der Waals surface area contributed by atoms with Crippen LogP contribution in [0.2, 0.25) is 0 Å². The summed E-state index contributed by atoms with van der Waals surface area (Å²) in [5.74, 6) is -2.57. The highest BCUT2D eigenvalue weighted by Crippen LogP contribution is 2.30. The van der Waals surface area contributed by atoms with Crippen LogP contribution in [0.4, 0.5) is 8.78 Å². The van der Waals surface area contributed by atoms with Gasteiger partial charge in [0.05, 0.1) is 7.11 Å². The predicted octanol–water partition coefficient (Wildman–Crippen LogP) is 4.30. The van der Waals surface area contributed by atoms with Crippen molar-refractivity contribution < 1.29 is 23.0 Å². The number of rotatable bonds is 5. The third kappa shape index (κ3) is 4.33. The molecule has 0 saturated heterocycles. The number of hydrogen-bond donors (Lipinski definition) is 1. The molecule has 7 heteroatoms. The van der Waals surface area contributed by atoms with Gasteiger partial charge in [-0.15, -0.1) is 0 Å². The summed E-state index contributed by atoms with van der Waals surface area (Å²) in [6, 6.07) is 8.62. The van der Waals surface area contributed by atoms with E-state index >= 15 is 0 Å². The summed E-state index contributed by atoms with van der Waals surface area (Å²) >= 11 is 1.05. The van der Waals surface area contributed by atoms with Crippen molar-refractivity contribution in [3.63, 3.8) is 0 Å². The van der Waals surface area contributed by atoms with E-state index in [1.54, 1.807) is 24.3 Å². The Morgan fingerprint density at radius 2 is 1.75 bits per heavy atom. The normalized spacial score (nSPS) is 11.3. The Labute approximate surface area is 142 Å². The SMILES string of the molecule is COC(=O)/C(C)=C/c1cc(F)c(Oc2ccc(SN)cc2)c(F)c1. The van der Waals surface area contributed by atoms with Crippen LogP contribution in [0.15, 0.2) is 46.9 Å². The molecule has 2 N–H and O–H groups in total. The predicted molar refractivity (Wildman–Crippen MR) is 88.6 cm³/mol. The van der Waals surface area contributed by atoms with Crippen molar-refractivity contribution >= 4 is 24.0 Å². The van der Waals surface area contributed by atoms with Gasteiger partial charge < -0.3 is 9.47 Å². The lowest BCUT2D eigenvalue weighted by Crippen LogP contribution is -2.01. The second-order valence-electron chi connectivity index (χ2n) is 4.82. The van der Waals surface area contributed by atoms with E-state index in [9.17, 15) is 13.6 Å². The number of carbonyl (C=O) groups excluding carboxylic acids is 1. The Hall–Kier alpha value is -2.38. The molecule has 126 valence electrons. The summed E-state index contributed by atoms with van der Waals surface area (Å²) in [6.45, 7) is 1.49. The standard InChI is InChI=1S/C17H15F2NO3S/c1-10(17(21)22-2)7-11-8-14(18)16(15(19)9-11)23-12-3-5-13(24-20)6-4-12/h3-9H,20H2,1-2H3/b10-7+. The third-order valence-electron chi connectivity index (χ3n) is 3.09. The van der Waals surface area contributed by atoms with Gasteiger partial charge in [-0.1, -0.05) is 0 Å². The zero-order valence-corrected chi connectivity index (χ0v) is 13.8. The van der Waals surface area contributed by atoms with Gasteiger partial charge in [0.15, 0.2) is 17.4 Å². The average Bonchev–Trinajstić information content (AvgIpc) is 2.57. The summed E-state index contributed by atoms with van der Waals surface area (Å²) in [5, 5.41) is 5.41. The topological polar surface area (TPSA) is 61.5 Å². The molecule has 2 aromatic carbocycles. The first-order chi connectivity index (χ1) is 11.4. The van der Waals surface area contributed by atoms with E-state index in [0.717, 1.165) is 29.0 Å². The van der Waals surface area contributed by atoms with Gasteiger partial charge in [-0.3, -0.25) is 5.14 Å². The molecule has 24 heavy (non-hydrogen) atoms. The molecule has 0 aliphatic rings. The lowest BCUT2D eigenvalue weighted by Gasteiger charge is -2.09. The molecule has 0 atom stereocenters. The number of halogens is 2. The van der Waals surface area contributed by atoms with Gasteiger partial charge in [0, 0.05) is 10.5 Å². The fourth-order valence-electron chi connectivity index (χ4n) is 1.93. The first-order valence-electron chi connectivity index (χ1n) is 6.85. The highest BCUT2D eigenvalue weighted by molar-refractivity contribution is 7.97. The first-order valence-corrected chi connectivity index (χ1v) is 7.73. The molecule has 0 fully saturated rings. The Morgan fingerprint density at radius 1 is 1.17 bits per heavy atom. The molecule has 0 spiro atoms. The Morgan fingerprint density at radius 3 is 2.25 bits per heavy atom. The number of esters is 1. The summed E-state index contributed by atoms with van der Waals surface area (Å²) in [7, 11) is 1.23. The molecular formula is C17H15F2NO3S. The number of ether oxygens (including phenoxy) is 2. The summed E-state index contributed by atoms with van der Waals surface area (Å²) in [4.78, 5) is 12.1. The summed E-state index contributed by atoms with van der Waals surface area (Å²) in [5.41, 5.74) is 0.412. The van der Waals surface area contributed by atoms with Crippen LogP contribution in [0.1, 0.15) is 12.5 Å². The third-order valence-corrected chi connectivity index (χ3v) is 3.64. The van der Waals surface area contributed by atoms with E-state index in [-0.39, 0.29) is 16.9 Å². The highest BCUT2D eigenvalue weighted by atomic mass is 32.2. The van der Waals surface area contributed by atoms with E-state index in [1.165, 1.54) is 20.1 Å². The molecule has 4 nitrogen and oxygen atoms in total. The van der Waals surface area contributed by atoms with Gasteiger partial charge in [0.2, 0.25) is 0 Å². The average molecular weight is 351 g/mol. The van der Waals surface area contributed by atoms with E-state index in [2.05, 4.69) is 4.74 Å². The second-order valence-corrected chi connectivity index (χ2v) is 5.53. The zero-order valence-electron chi connectivity index (χ0n) is 13.0. The lowest BCUT2D eigenvalue weighted by molar-refractivity contribution is -0.135. The van der Waals surface area contributed by atoms with Crippen LogP contribution >= 0.6 is 11.9 Å². The quantitative estimate of drug-likeness (QED) is 0.494. The smallest absolute Gasteiger partial charge is 0.333 e. The monoisotopic (exact) mass is 351 g/mol. The van der Waals surface area contributed by atoms with Crippen molar-refractivity contribution in [1.82, 2.24) is 0 Å². The maximum atomic E-state index is 14.1. The van der Waals surface area contributed by atoms with Crippen LogP contribution in [-0.2, 0) is 9.53 Å². The van der Waals surface area contributed by atoms with Gasteiger partial charge >= 0.3 is 5.97 Å². The number of carbonyl (C=O) groups is 1. The molecular weight excluding hydrogens is 336 g/mol. The van der Waals surface area contributed by atoms with Crippen molar-refractivity contribution in [3.8, 4) is 11.5 Å². The molecule has 0 radical (unpaired) electrons. The molecule has 0 saturated carbocycles. The van der Waals surface area contributed by atoms with Crippen molar-refractivity contribution in [2.75, 3.05) is 7.11 Å². The Bertz CT molecular complexity index is 753. The van der Waals surface area contributed by atoms with E-state index in [1.807, 2.05) is 0 Å². The largest absolute Gasteiger partial charge is 0.466 e. The van der Waals surface area contributed by atoms with Crippen molar-refractivity contribution in [1.29, 1.82) is 0 Å². The molecule has 0 amide bonds. The van der Waals surface area contributed by atoms with Crippen molar-refractivity contribution in [2.45, 2.75) is 11.8 Å². The van der Waals surface area contributed by atoms with Crippen LogP contribution in [0, 0.1) is 11.6 Å². The number of nitrogens with two attached hydrogens (primary N) is 1. The number of benzene rings is 2. The van der Waals surface area contributed by atoms with Crippen molar-refractivity contribution in [2.24, 2.45) is 5.14 Å². The molecule has 2 aromatic rings. The molecule has 0 aromatic heterocycles.